The van der Waals surface area contributed by atoms with Gasteiger partial charge < -0.3 is 5.32 Å². The van der Waals surface area contributed by atoms with Crippen molar-refractivity contribution >= 4 is 23.7 Å². The number of hydrogen-bond donors (Lipinski definition) is 3. The van der Waals surface area contributed by atoms with Crippen molar-refractivity contribution in [2.75, 3.05) is 5.75 Å². The first-order chi connectivity index (χ1) is 12.1. The molecule has 1 fully saturated rings. The van der Waals surface area contributed by atoms with Crippen molar-refractivity contribution in [2.24, 2.45) is 0 Å². The number of carbonyl (C=O) groups excluding carboxylic acids is 2. The molecule has 1 aromatic heterocycles. The van der Waals surface area contributed by atoms with Crippen molar-refractivity contribution in [2.45, 2.75) is 37.0 Å². The predicted molar refractivity (Wildman–Crippen MR) is 93.4 cm³/mol. The molecule has 0 aliphatic heterocycles. The number of aromatic amines is 1. The summed E-state index contributed by atoms with van der Waals surface area (Å²) in [4.78, 5) is 35.2. The van der Waals surface area contributed by atoms with Crippen molar-refractivity contribution in [1.82, 2.24) is 25.4 Å². The quantitative estimate of drug-likeness (QED) is 0.635. The van der Waals surface area contributed by atoms with E-state index in [1.54, 1.807) is 0 Å². The fourth-order valence-corrected chi connectivity index (χ4v) is 3.01. The van der Waals surface area contributed by atoms with E-state index in [2.05, 4.69) is 20.8 Å². The van der Waals surface area contributed by atoms with E-state index < -0.39 is 11.9 Å². The molecule has 0 saturated heterocycles. The van der Waals surface area contributed by atoms with Crippen LogP contribution in [-0.4, -0.2) is 38.5 Å². The number of hydrogen-bond acceptors (Lipinski definition) is 5. The Bertz CT molecular complexity index is 798. The molecule has 0 radical (unpaired) electrons. The Balaban J connectivity index is 1.51. The predicted octanol–water partition coefficient (Wildman–Crippen LogP) is 0.894. The average Bonchev–Trinajstić information content (AvgIpc) is 3.34. The van der Waals surface area contributed by atoms with E-state index in [0.29, 0.717) is 18.1 Å². The molecule has 1 heterocycles. The van der Waals surface area contributed by atoms with Crippen molar-refractivity contribution in [3.8, 4) is 0 Å². The summed E-state index contributed by atoms with van der Waals surface area (Å²) in [6.07, 6.45) is 2.60. The fraction of sp³-hybridized carbons (Fsp3) is 0.375. The molecular weight excluding hydrogens is 342 g/mol. The van der Waals surface area contributed by atoms with Crippen LogP contribution in [-0.2, 0) is 17.8 Å². The molecule has 1 aromatic carbocycles. The topological polar surface area (TPSA) is 109 Å². The van der Waals surface area contributed by atoms with Gasteiger partial charge in [-0.05, 0) is 24.8 Å². The van der Waals surface area contributed by atoms with Gasteiger partial charge in [-0.3, -0.25) is 14.7 Å². The highest BCUT2D eigenvalue weighted by molar-refractivity contribution is 7.99. The lowest BCUT2D eigenvalue weighted by Gasteiger charge is -2.07. The van der Waals surface area contributed by atoms with Crippen molar-refractivity contribution < 1.29 is 9.59 Å². The van der Waals surface area contributed by atoms with Gasteiger partial charge in [-0.1, -0.05) is 42.1 Å². The van der Waals surface area contributed by atoms with Crippen LogP contribution in [0.3, 0.4) is 0 Å². The van der Waals surface area contributed by atoms with Crippen molar-refractivity contribution in [3.63, 3.8) is 0 Å². The molecule has 132 valence electrons. The molecule has 8 nitrogen and oxygen atoms in total. The molecule has 0 unspecified atom stereocenters. The minimum Gasteiger partial charge on any atom is -0.335 e. The number of aromatic nitrogens is 3. The third kappa shape index (κ3) is 5.21. The number of rotatable bonds is 7. The van der Waals surface area contributed by atoms with Crippen LogP contribution in [0.25, 0.3) is 0 Å². The molecule has 25 heavy (non-hydrogen) atoms. The lowest BCUT2D eigenvalue weighted by atomic mass is 10.1. The second-order valence-corrected chi connectivity index (χ2v) is 6.73. The largest absolute Gasteiger partial charge is 0.343 e. The molecule has 1 saturated carbocycles. The van der Waals surface area contributed by atoms with E-state index in [0.717, 1.165) is 30.2 Å². The summed E-state index contributed by atoms with van der Waals surface area (Å²) < 4.78 is 1.50. The summed E-state index contributed by atoms with van der Waals surface area (Å²) in [5.41, 5.74) is 0.798. The first-order valence-electron chi connectivity index (χ1n) is 8.04. The lowest BCUT2D eigenvalue weighted by Crippen LogP contribution is -2.41. The van der Waals surface area contributed by atoms with E-state index in [1.807, 2.05) is 30.3 Å². The standard InChI is InChI=1S/C16H19N5O3S/c22-13(18-14(23)17-12-6-7-12)10-25-16-20-19-15(24)21(16)9-8-11-4-2-1-3-5-11/h1-5,12H,6-10H2,(H,19,24)(H2,17,18,22,23). The van der Waals surface area contributed by atoms with E-state index in [9.17, 15) is 14.4 Å². The van der Waals surface area contributed by atoms with Crippen LogP contribution in [0.2, 0.25) is 0 Å². The summed E-state index contributed by atoms with van der Waals surface area (Å²) >= 11 is 1.12. The molecule has 0 spiro atoms. The number of H-pyrrole nitrogens is 1. The highest BCUT2D eigenvalue weighted by Gasteiger charge is 2.24. The summed E-state index contributed by atoms with van der Waals surface area (Å²) in [6, 6.07) is 9.52. The normalized spacial score (nSPS) is 13.4. The van der Waals surface area contributed by atoms with Gasteiger partial charge in [0.05, 0.1) is 5.75 Å². The highest BCUT2D eigenvalue weighted by atomic mass is 32.2. The average molecular weight is 361 g/mol. The summed E-state index contributed by atoms with van der Waals surface area (Å²) in [7, 11) is 0. The minimum absolute atomic E-state index is 0.00766. The Hall–Kier alpha value is -2.55. The number of carbonyl (C=O) groups is 2. The molecule has 3 amide bonds. The Morgan fingerprint density at radius 3 is 2.76 bits per heavy atom. The third-order valence-corrected chi connectivity index (χ3v) is 4.66. The number of imide groups is 1. The van der Waals surface area contributed by atoms with Crippen molar-refractivity contribution in [1.29, 1.82) is 0 Å². The molecule has 2 aromatic rings. The zero-order valence-electron chi connectivity index (χ0n) is 13.5. The second kappa shape index (κ2) is 8.02. The molecule has 3 N–H and O–H groups in total. The van der Waals surface area contributed by atoms with Crippen LogP contribution in [0.4, 0.5) is 4.79 Å². The SMILES string of the molecule is O=C(CSc1n[nH]c(=O)n1CCc1ccccc1)NC(=O)NC1CC1. The maximum Gasteiger partial charge on any atom is 0.343 e. The number of nitrogens with zero attached hydrogens (tertiary/aromatic N) is 2. The smallest absolute Gasteiger partial charge is 0.335 e. The van der Waals surface area contributed by atoms with Gasteiger partial charge in [0.2, 0.25) is 5.91 Å². The zero-order chi connectivity index (χ0) is 17.6. The van der Waals surface area contributed by atoms with Crippen LogP contribution in [0.15, 0.2) is 40.3 Å². The van der Waals surface area contributed by atoms with Crippen LogP contribution in [0.1, 0.15) is 18.4 Å². The molecule has 0 bridgehead atoms. The maximum absolute atomic E-state index is 11.9. The van der Waals surface area contributed by atoms with Crippen LogP contribution in [0.5, 0.6) is 0 Å². The van der Waals surface area contributed by atoms with Gasteiger partial charge in [-0.2, -0.15) is 0 Å². The highest BCUT2D eigenvalue weighted by Crippen LogP contribution is 2.18. The van der Waals surface area contributed by atoms with Gasteiger partial charge in [0, 0.05) is 12.6 Å². The number of thioether (sulfide) groups is 1. The van der Waals surface area contributed by atoms with Crippen LogP contribution in [0, 0.1) is 0 Å². The molecule has 0 atom stereocenters. The first-order valence-corrected chi connectivity index (χ1v) is 9.02. The van der Waals surface area contributed by atoms with Gasteiger partial charge in [0.25, 0.3) is 0 Å². The van der Waals surface area contributed by atoms with Crippen LogP contribution >= 0.6 is 11.8 Å². The number of amides is 3. The zero-order valence-corrected chi connectivity index (χ0v) is 14.3. The number of benzene rings is 1. The molecular formula is C16H19N5O3S. The molecule has 3 rings (SSSR count). The summed E-state index contributed by atoms with van der Waals surface area (Å²) in [6.45, 7) is 0.464. The minimum atomic E-state index is -0.475. The van der Waals surface area contributed by atoms with Gasteiger partial charge >= 0.3 is 11.7 Å². The maximum atomic E-state index is 11.9. The summed E-state index contributed by atoms with van der Waals surface area (Å²) in [5, 5.41) is 11.7. The van der Waals surface area contributed by atoms with E-state index >= 15 is 0 Å². The van der Waals surface area contributed by atoms with Gasteiger partial charge in [-0.25, -0.2) is 14.7 Å². The van der Waals surface area contributed by atoms with Gasteiger partial charge in [0.15, 0.2) is 5.16 Å². The van der Waals surface area contributed by atoms with Gasteiger partial charge in [-0.15, -0.1) is 5.10 Å². The Labute approximate surface area is 148 Å². The monoisotopic (exact) mass is 361 g/mol. The van der Waals surface area contributed by atoms with Gasteiger partial charge in [0.1, 0.15) is 0 Å². The fourth-order valence-electron chi connectivity index (χ4n) is 2.24. The van der Waals surface area contributed by atoms with Crippen molar-refractivity contribution in [3.05, 3.63) is 46.4 Å². The summed E-state index contributed by atoms with van der Waals surface area (Å²) in [5.74, 6) is -0.415. The van der Waals surface area contributed by atoms with E-state index in [-0.39, 0.29) is 17.5 Å². The van der Waals surface area contributed by atoms with Crippen LogP contribution < -0.4 is 16.3 Å². The first kappa shape index (κ1) is 17.3. The lowest BCUT2D eigenvalue weighted by molar-refractivity contribution is -0.117. The molecule has 1 aliphatic rings. The van der Waals surface area contributed by atoms with E-state index in [4.69, 9.17) is 0 Å². The molecule has 9 heteroatoms. The molecule has 1 aliphatic carbocycles. The second-order valence-electron chi connectivity index (χ2n) is 5.78. The number of urea groups is 1. The third-order valence-electron chi connectivity index (χ3n) is 3.69. The number of aryl methyl sites for hydroxylation is 1. The Morgan fingerprint density at radius 1 is 1.28 bits per heavy atom. The number of nitrogens with one attached hydrogen (secondary N) is 3. The Morgan fingerprint density at radius 2 is 2.04 bits per heavy atom. The van der Waals surface area contributed by atoms with E-state index in [1.165, 1.54) is 4.57 Å². The Kier molecular flexibility index (Phi) is 5.54.